The number of hydrogen-bond donors (Lipinski definition) is 0. The molecule has 0 unspecified atom stereocenters. The molecule has 0 atom stereocenters. The van der Waals surface area contributed by atoms with Crippen LogP contribution < -0.4 is 0 Å². The minimum absolute atomic E-state index is 0. The van der Waals surface area contributed by atoms with Crippen molar-refractivity contribution in [1.82, 2.24) is 4.98 Å². The predicted octanol–water partition coefficient (Wildman–Crippen LogP) is 3.16. The largest absolute Gasteiger partial charge is 0.302 e. The molecule has 1 nitrogen and oxygen atoms in total. The van der Waals surface area contributed by atoms with E-state index in [9.17, 15) is 0 Å². The third-order valence-electron chi connectivity index (χ3n) is 2.12. The number of pyridine rings is 1. The quantitative estimate of drug-likeness (QED) is 0.699. The van der Waals surface area contributed by atoms with Crippen LogP contribution in [0.5, 0.6) is 0 Å². The van der Waals surface area contributed by atoms with E-state index in [4.69, 9.17) is 0 Å². The van der Waals surface area contributed by atoms with Crippen LogP contribution in [-0.2, 0) is 20.1 Å². The standard InChI is InChI=1S/C13H12N.Ir/c1-10-5-3-7-12(9-10)13-8-4-6-11(2)14-13;/h3-6,8-9H,1-2H3;/q-1;. The molecule has 0 bridgehead atoms. The maximum Gasteiger partial charge on any atom is 0.0266 e. The first-order valence-corrected chi connectivity index (χ1v) is 4.68. The number of benzene rings is 1. The van der Waals surface area contributed by atoms with Crippen molar-refractivity contribution < 1.29 is 20.1 Å². The van der Waals surface area contributed by atoms with E-state index in [1.165, 1.54) is 5.56 Å². The molecule has 2 rings (SSSR count). The molecule has 0 spiro atoms. The monoisotopic (exact) mass is 375 g/mol. The van der Waals surface area contributed by atoms with E-state index in [1.54, 1.807) is 0 Å². The van der Waals surface area contributed by atoms with Crippen LogP contribution in [0.4, 0.5) is 0 Å². The number of rotatable bonds is 1. The van der Waals surface area contributed by atoms with Gasteiger partial charge in [0.2, 0.25) is 0 Å². The molecule has 0 saturated carbocycles. The molecule has 79 valence electrons. The summed E-state index contributed by atoms with van der Waals surface area (Å²) in [5.41, 5.74) is 4.34. The Morgan fingerprint density at radius 1 is 1.13 bits per heavy atom. The van der Waals surface area contributed by atoms with Crippen molar-refractivity contribution in [2.45, 2.75) is 13.8 Å². The Balaban J connectivity index is 0.00000112. The Morgan fingerprint density at radius 2 is 1.93 bits per heavy atom. The van der Waals surface area contributed by atoms with E-state index in [2.05, 4.69) is 24.0 Å². The van der Waals surface area contributed by atoms with Crippen LogP contribution in [0, 0.1) is 19.9 Å². The van der Waals surface area contributed by atoms with Gasteiger partial charge >= 0.3 is 0 Å². The summed E-state index contributed by atoms with van der Waals surface area (Å²) < 4.78 is 0. The molecule has 0 N–H and O–H groups in total. The number of aryl methyl sites for hydroxylation is 2. The van der Waals surface area contributed by atoms with Crippen LogP contribution >= 0.6 is 0 Å². The molecule has 0 fully saturated rings. The summed E-state index contributed by atoms with van der Waals surface area (Å²) in [6.45, 7) is 4.08. The van der Waals surface area contributed by atoms with Gasteiger partial charge in [-0.15, -0.1) is 35.4 Å². The van der Waals surface area contributed by atoms with Gasteiger partial charge < -0.3 is 4.98 Å². The summed E-state index contributed by atoms with van der Waals surface area (Å²) in [5.74, 6) is 0. The second-order valence-electron chi connectivity index (χ2n) is 3.44. The zero-order valence-electron chi connectivity index (χ0n) is 8.74. The van der Waals surface area contributed by atoms with Crippen LogP contribution in [0.15, 0.2) is 36.4 Å². The molecule has 1 aromatic carbocycles. The summed E-state index contributed by atoms with van der Waals surface area (Å²) in [6.07, 6.45) is 0. The fraction of sp³-hybridized carbons (Fsp3) is 0.154. The first-order valence-electron chi connectivity index (χ1n) is 4.68. The summed E-state index contributed by atoms with van der Waals surface area (Å²) in [6, 6.07) is 15.3. The van der Waals surface area contributed by atoms with Gasteiger partial charge in [-0.25, -0.2) is 0 Å². The fourth-order valence-electron chi connectivity index (χ4n) is 1.42. The smallest absolute Gasteiger partial charge is 0.0266 e. The van der Waals surface area contributed by atoms with Gasteiger partial charge in [0.25, 0.3) is 0 Å². The van der Waals surface area contributed by atoms with Crippen LogP contribution in [0.1, 0.15) is 11.3 Å². The molecule has 1 heterocycles. The summed E-state index contributed by atoms with van der Waals surface area (Å²) >= 11 is 0. The maximum absolute atomic E-state index is 4.45. The molecular formula is C13H12IrN-. The van der Waals surface area contributed by atoms with Crippen molar-refractivity contribution >= 4 is 0 Å². The Bertz CT molecular complexity index is 408. The Morgan fingerprint density at radius 3 is 2.60 bits per heavy atom. The molecule has 0 aliphatic rings. The normalized spacial score (nSPS) is 9.47. The van der Waals surface area contributed by atoms with Crippen LogP contribution in [-0.4, -0.2) is 4.98 Å². The van der Waals surface area contributed by atoms with Crippen molar-refractivity contribution in [1.29, 1.82) is 0 Å². The van der Waals surface area contributed by atoms with Gasteiger partial charge in [-0.3, -0.25) is 0 Å². The third-order valence-corrected chi connectivity index (χ3v) is 2.12. The van der Waals surface area contributed by atoms with E-state index >= 15 is 0 Å². The second-order valence-corrected chi connectivity index (χ2v) is 3.44. The third kappa shape index (κ3) is 2.98. The first-order chi connectivity index (χ1) is 6.75. The Hall–Kier alpha value is -0.981. The molecule has 0 aliphatic carbocycles. The average Bonchev–Trinajstić information content (AvgIpc) is 2.18. The predicted molar refractivity (Wildman–Crippen MR) is 58.0 cm³/mol. The van der Waals surface area contributed by atoms with Gasteiger partial charge in [0.15, 0.2) is 0 Å². The Labute approximate surface area is 104 Å². The van der Waals surface area contributed by atoms with Crippen molar-refractivity contribution in [3.8, 4) is 11.3 Å². The van der Waals surface area contributed by atoms with Gasteiger partial charge in [-0.05, 0) is 18.7 Å². The molecular weight excluding hydrogens is 362 g/mol. The second kappa shape index (κ2) is 5.20. The molecule has 2 heteroatoms. The number of aromatic nitrogens is 1. The SMILES string of the molecule is Cc1cc[c-]c(-c2cccc(C)n2)c1.[Ir]. The minimum Gasteiger partial charge on any atom is -0.302 e. The van der Waals surface area contributed by atoms with Crippen molar-refractivity contribution in [2.75, 3.05) is 0 Å². The minimum atomic E-state index is 0. The first kappa shape index (κ1) is 12.1. The average molecular weight is 374 g/mol. The van der Waals surface area contributed by atoms with Gasteiger partial charge in [0.1, 0.15) is 0 Å². The zero-order chi connectivity index (χ0) is 9.97. The summed E-state index contributed by atoms with van der Waals surface area (Å²) in [4.78, 5) is 4.45. The van der Waals surface area contributed by atoms with Gasteiger partial charge in [0.05, 0.1) is 0 Å². The molecule has 0 amide bonds. The van der Waals surface area contributed by atoms with Gasteiger partial charge in [-0.1, -0.05) is 19.1 Å². The molecule has 2 aromatic rings. The number of nitrogens with zero attached hydrogens (tertiary/aromatic N) is 1. The summed E-state index contributed by atoms with van der Waals surface area (Å²) in [7, 11) is 0. The fourth-order valence-corrected chi connectivity index (χ4v) is 1.42. The van der Waals surface area contributed by atoms with Crippen LogP contribution in [0.3, 0.4) is 0 Å². The molecule has 1 aromatic heterocycles. The maximum atomic E-state index is 4.45. The van der Waals surface area contributed by atoms with E-state index in [0.717, 1.165) is 17.0 Å². The molecule has 1 radical (unpaired) electrons. The van der Waals surface area contributed by atoms with E-state index < -0.39 is 0 Å². The van der Waals surface area contributed by atoms with Crippen LogP contribution in [0.25, 0.3) is 11.3 Å². The van der Waals surface area contributed by atoms with Crippen molar-refractivity contribution in [3.63, 3.8) is 0 Å². The van der Waals surface area contributed by atoms with Crippen LogP contribution in [0.2, 0.25) is 0 Å². The topological polar surface area (TPSA) is 12.9 Å². The van der Waals surface area contributed by atoms with E-state index in [0.29, 0.717) is 0 Å². The Kier molecular flexibility index (Phi) is 4.19. The number of hydrogen-bond acceptors (Lipinski definition) is 1. The molecule has 0 saturated heterocycles. The van der Waals surface area contributed by atoms with E-state index in [1.807, 2.05) is 37.3 Å². The van der Waals surface area contributed by atoms with Gasteiger partial charge in [0, 0.05) is 25.8 Å². The summed E-state index contributed by atoms with van der Waals surface area (Å²) in [5, 5.41) is 0. The molecule has 15 heavy (non-hydrogen) atoms. The van der Waals surface area contributed by atoms with E-state index in [-0.39, 0.29) is 20.1 Å². The van der Waals surface area contributed by atoms with Crippen molar-refractivity contribution in [2.24, 2.45) is 0 Å². The zero-order valence-corrected chi connectivity index (χ0v) is 11.1. The molecule has 0 aliphatic heterocycles. The van der Waals surface area contributed by atoms with Crippen molar-refractivity contribution in [3.05, 3.63) is 53.7 Å². The van der Waals surface area contributed by atoms with Gasteiger partial charge in [-0.2, -0.15) is 0 Å².